The molecule has 0 aliphatic carbocycles. The monoisotopic (exact) mass is 456 g/mol. The Labute approximate surface area is 192 Å². The standard InChI is InChI=1S/C24H29FN4O2S/c1-28(2)13-12-26-24(30)22-17-32-23(27-22)16-29(14-18-4-8-20(25)9-5-18)15-19-6-10-21(31-3)11-7-19/h4-11,17H,12-16H2,1-3H3,(H,26,30). The second-order valence-corrected chi connectivity index (χ2v) is 8.75. The Morgan fingerprint density at radius 3 is 2.25 bits per heavy atom. The molecule has 3 rings (SSSR count). The predicted molar refractivity (Wildman–Crippen MR) is 125 cm³/mol. The van der Waals surface area contributed by atoms with Gasteiger partial charge in [-0.1, -0.05) is 24.3 Å². The summed E-state index contributed by atoms with van der Waals surface area (Å²) in [5.41, 5.74) is 2.58. The number of ether oxygens (including phenoxy) is 1. The molecule has 1 heterocycles. The van der Waals surface area contributed by atoms with Gasteiger partial charge in [-0.25, -0.2) is 9.37 Å². The first-order valence-corrected chi connectivity index (χ1v) is 11.3. The molecular weight excluding hydrogens is 427 g/mol. The molecule has 6 nitrogen and oxygen atoms in total. The molecule has 0 saturated heterocycles. The molecule has 0 aliphatic rings. The van der Waals surface area contributed by atoms with E-state index in [4.69, 9.17) is 4.74 Å². The minimum Gasteiger partial charge on any atom is -0.497 e. The van der Waals surface area contributed by atoms with Gasteiger partial charge in [0.2, 0.25) is 0 Å². The summed E-state index contributed by atoms with van der Waals surface area (Å²) in [6, 6.07) is 14.5. The van der Waals surface area contributed by atoms with Gasteiger partial charge in [0.05, 0.1) is 13.7 Å². The molecule has 170 valence electrons. The third-order valence-electron chi connectivity index (χ3n) is 4.87. The van der Waals surface area contributed by atoms with Crippen LogP contribution in [0, 0.1) is 5.82 Å². The van der Waals surface area contributed by atoms with E-state index >= 15 is 0 Å². The highest BCUT2D eigenvalue weighted by atomic mass is 32.1. The highest BCUT2D eigenvalue weighted by Gasteiger charge is 2.14. The van der Waals surface area contributed by atoms with Crippen LogP contribution in [0.25, 0.3) is 0 Å². The summed E-state index contributed by atoms with van der Waals surface area (Å²) in [4.78, 5) is 21.1. The third-order valence-corrected chi connectivity index (χ3v) is 5.71. The van der Waals surface area contributed by atoms with Crippen LogP contribution >= 0.6 is 11.3 Å². The number of aromatic nitrogens is 1. The lowest BCUT2D eigenvalue weighted by Crippen LogP contribution is -2.31. The number of likely N-dealkylation sites (N-methyl/N-ethyl adjacent to an activating group) is 1. The number of benzene rings is 2. The lowest BCUT2D eigenvalue weighted by molar-refractivity contribution is 0.0946. The summed E-state index contributed by atoms with van der Waals surface area (Å²) in [6.45, 7) is 3.25. The van der Waals surface area contributed by atoms with Crippen LogP contribution in [0.4, 0.5) is 4.39 Å². The zero-order valence-corrected chi connectivity index (χ0v) is 19.5. The molecule has 2 aromatic carbocycles. The van der Waals surface area contributed by atoms with Crippen molar-refractivity contribution in [2.24, 2.45) is 0 Å². The van der Waals surface area contributed by atoms with Gasteiger partial charge in [0.1, 0.15) is 22.3 Å². The van der Waals surface area contributed by atoms with Crippen molar-refractivity contribution in [3.8, 4) is 5.75 Å². The lowest BCUT2D eigenvalue weighted by Gasteiger charge is -2.21. The summed E-state index contributed by atoms with van der Waals surface area (Å²) in [5.74, 6) is 0.401. The molecule has 0 unspecified atom stereocenters. The summed E-state index contributed by atoms with van der Waals surface area (Å²) in [5, 5.41) is 5.55. The van der Waals surface area contributed by atoms with Crippen LogP contribution in [-0.4, -0.2) is 55.0 Å². The Hall–Kier alpha value is -2.81. The zero-order chi connectivity index (χ0) is 22.9. The topological polar surface area (TPSA) is 57.7 Å². The Balaban J connectivity index is 1.69. The Morgan fingerprint density at radius 1 is 1.03 bits per heavy atom. The molecule has 0 bridgehead atoms. The molecule has 0 fully saturated rings. The number of carbonyl (C=O) groups excluding carboxylic acids is 1. The van der Waals surface area contributed by atoms with Gasteiger partial charge < -0.3 is 15.0 Å². The molecule has 0 radical (unpaired) electrons. The normalized spacial score (nSPS) is 11.2. The van der Waals surface area contributed by atoms with E-state index in [1.807, 2.05) is 43.3 Å². The van der Waals surface area contributed by atoms with Crippen LogP contribution < -0.4 is 10.1 Å². The number of nitrogens with zero attached hydrogens (tertiary/aromatic N) is 3. The quantitative estimate of drug-likeness (QED) is 0.476. The summed E-state index contributed by atoms with van der Waals surface area (Å²) >= 11 is 1.47. The second-order valence-electron chi connectivity index (χ2n) is 7.81. The number of hydrogen-bond acceptors (Lipinski definition) is 6. The van der Waals surface area contributed by atoms with Crippen LogP contribution in [0.1, 0.15) is 26.6 Å². The lowest BCUT2D eigenvalue weighted by atomic mass is 10.1. The van der Waals surface area contributed by atoms with Gasteiger partial charge in [0, 0.05) is 31.6 Å². The Kier molecular flexibility index (Phi) is 8.72. The van der Waals surface area contributed by atoms with Crippen molar-refractivity contribution in [2.75, 3.05) is 34.3 Å². The highest BCUT2D eigenvalue weighted by molar-refractivity contribution is 7.09. The number of halogens is 1. The predicted octanol–water partition coefficient (Wildman–Crippen LogP) is 3.78. The van der Waals surface area contributed by atoms with Gasteiger partial charge in [0.15, 0.2) is 0 Å². The van der Waals surface area contributed by atoms with Gasteiger partial charge in [-0.15, -0.1) is 11.3 Å². The first-order chi connectivity index (χ1) is 15.4. The molecule has 0 spiro atoms. The number of carbonyl (C=O) groups is 1. The zero-order valence-electron chi connectivity index (χ0n) is 18.7. The van der Waals surface area contributed by atoms with Gasteiger partial charge in [0.25, 0.3) is 5.91 Å². The van der Waals surface area contributed by atoms with Crippen LogP contribution in [0.2, 0.25) is 0 Å². The first-order valence-electron chi connectivity index (χ1n) is 10.4. The molecule has 32 heavy (non-hydrogen) atoms. The number of rotatable bonds is 11. The number of methoxy groups -OCH3 is 1. The Bertz CT molecular complexity index is 990. The largest absolute Gasteiger partial charge is 0.497 e. The van der Waals surface area contributed by atoms with Crippen molar-refractivity contribution in [3.63, 3.8) is 0 Å². The van der Waals surface area contributed by atoms with Gasteiger partial charge in [-0.3, -0.25) is 9.69 Å². The van der Waals surface area contributed by atoms with Crippen LogP contribution in [-0.2, 0) is 19.6 Å². The highest BCUT2D eigenvalue weighted by Crippen LogP contribution is 2.19. The molecule has 1 aromatic heterocycles. The van der Waals surface area contributed by atoms with E-state index in [9.17, 15) is 9.18 Å². The number of thiazole rings is 1. The minimum atomic E-state index is -0.250. The average molecular weight is 457 g/mol. The van der Waals surface area contributed by atoms with E-state index in [1.54, 1.807) is 24.6 Å². The van der Waals surface area contributed by atoms with Crippen LogP contribution in [0.15, 0.2) is 53.9 Å². The molecule has 3 aromatic rings. The van der Waals surface area contributed by atoms with Crippen molar-refractivity contribution in [1.29, 1.82) is 0 Å². The van der Waals surface area contributed by atoms with Crippen LogP contribution in [0.5, 0.6) is 5.75 Å². The third kappa shape index (κ3) is 7.40. The number of hydrogen-bond donors (Lipinski definition) is 1. The summed E-state index contributed by atoms with van der Waals surface area (Å²) in [6.07, 6.45) is 0. The van der Waals surface area contributed by atoms with Crippen molar-refractivity contribution in [1.82, 2.24) is 20.1 Å². The van der Waals surface area contributed by atoms with Crippen molar-refractivity contribution in [3.05, 3.63) is 81.6 Å². The number of amides is 1. The number of nitrogens with one attached hydrogen (secondary N) is 1. The molecular formula is C24H29FN4O2S. The van der Waals surface area contributed by atoms with Gasteiger partial charge in [-0.05, 0) is 49.5 Å². The fourth-order valence-corrected chi connectivity index (χ4v) is 3.98. The maximum absolute atomic E-state index is 13.3. The second kappa shape index (κ2) is 11.7. The van der Waals surface area contributed by atoms with Gasteiger partial charge in [-0.2, -0.15) is 0 Å². The van der Waals surface area contributed by atoms with Crippen LogP contribution in [0.3, 0.4) is 0 Å². The minimum absolute atomic E-state index is 0.158. The van der Waals surface area contributed by atoms with E-state index in [2.05, 4.69) is 15.2 Å². The summed E-state index contributed by atoms with van der Waals surface area (Å²) < 4.78 is 18.6. The van der Waals surface area contributed by atoms with E-state index in [1.165, 1.54) is 23.5 Å². The van der Waals surface area contributed by atoms with Gasteiger partial charge >= 0.3 is 0 Å². The first kappa shape index (κ1) is 23.8. The van der Waals surface area contributed by atoms with E-state index in [0.717, 1.165) is 28.4 Å². The molecule has 1 amide bonds. The molecule has 0 saturated carbocycles. The van der Waals surface area contributed by atoms with Crippen molar-refractivity contribution >= 4 is 17.2 Å². The van der Waals surface area contributed by atoms with E-state index < -0.39 is 0 Å². The maximum atomic E-state index is 13.3. The molecule has 8 heteroatoms. The smallest absolute Gasteiger partial charge is 0.270 e. The maximum Gasteiger partial charge on any atom is 0.270 e. The van der Waals surface area contributed by atoms with Crippen molar-refractivity contribution in [2.45, 2.75) is 19.6 Å². The molecule has 0 atom stereocenters. The van der Waals surface area contributed by atoms with E-state index in [0.29, 0.717) is 31.9 Å². The fourth-order valence-electron chi connectivity index (χ4n) is 3.17. The fraction of sp³-hybridized carbons (Fsp3) is 0.333. The Morgan fingerprint density at radius 2 is 1.66 bits per heavy atom. The molecule has 1 N–H and O–H groups in total. The van der Waals surface area contributed by atoms with E-state index in [-0.39, 0.29) is 11.7 Å². The van der Waals surface area contributed by atoms with Crippen molar-refractivity contribution < 1.29 is 13.9 Å². The summed E-state index contributed by atoms with van der Waals surface area (Å²) in [7, 11) is 5.57. The molecule has 0 aliphatic heterocycles. The average Bonchev–Trinajstić information content (AvgIpc) is 3.24. The SMILES string of the molecule is COc1ccc(CN(Cc2ccc(F)cc2)Cc2nc(C(=O)NCCN(C)C)cs2)cc1.